The van der Waals surface area contributed by atoms with Gasteiger partial charge in [0.15, 0.2) is 0 Å². The standard InChI is InChI=1S/C17H23NO4/c1-12-5-3-6-14(11-12)22-10-4-7-16(19)18-9-8-15(13(18)2)17(20)21/h3,5-6,11,13,15H,4,7-10H2,1-2H3,(H,20,21). The van der Waals surface area contributed by atoms with Crippen molar-refractivity contribution < 1.29 is 19.4 Å². The van der Waals surface area contributed by atoms with E-state index in [9.17, 15) is 9.59 Å². The first-order valence-electron chi connectivity index (χ1n) is 7.71. The Hall–Kier alpha value is -2.04. The van der Waals surface area contributed by atoms with Gasteiger partial charge >= 0.3 is 5.97 Å². The predicted octanol–water partition coefficient (Wildman–Crippen LogP) is 2.48. The van der Waals surface area contributed by atoms with Gasteiger partial charge in [-0.2, -0.15) is 0 Å². The highest BCUT2D eigenvalue weighted by molar-refractivity contribution is 5.79. The van der Waals surface area contributed by atoms with Crippen molar-refractivity contribution in [3.05, 3.63) is 29.8 Å². The van der Waals surface area contributed by atoms with E-state index in [1.165, 1.54) is 0 Å². The summed E-state index contributed by atoms with van der Waals surface area (Å²) in [6.45, 7) is 4.84. The van der Waals surface area contributed by atoms with Crippen molar-refractivity contribution in [2.24, 2.45) is 5.92 Å². The lowest BCUT2D eigenvalue weighted by atomic mass is 10.0. The normalized spacial score (nSPS) is 20.9. The third kappa shape index (κ3) is 4.00. The molecule has 1 aliphatic heterocycles. The van der Waals surface area contributed by atoms with Gasteiger partial charge in [0.05, 0.1) is 12.5 Å². The Morgan fingerprint density at radius 3 is 2.82 bits per heavy atom. The zero-order valence-electron chi connectivity index (χ0n) is 13.1. The summed E-state index contributed by atoms with van der Waals surface area (Å²) in [5, 5.41) is 9.09. The Morgan fingerprint density at radius 2 is 2.18 bits per heavy atom. The molecule has 1 saturated heterocycles. The van der Waals surface area contributed by atoms with Gasteiger partial charge in [0.1, 0.15) is 5.75 Å². The van der Waals surface area contributed by atoms with Gasteiger partial charge in [0, 0.05) is 19.0 Å². The van der Waals surface area contributed by atoms with Crippen LogP contribution in [0.2, 0.25) is 0 Å². The van der Waals surface area contributed by atoms with Crippen molar-refractivity contribution in [2.75, 3.05) is 13.2 Å². The Kier molecular flexibility index (Phi) is 5.41. The second-order valence-corrected chi connectivity index (χ2v) is 5.83. The molecule has 0 radical (unpaired) electrons. The van der Waals surface area contributed by atoms with E-state index >= 15 is 0 Å². The van der Waals surface area contributed by atoms with E-state index in [4.69, 9.17) is 9.84 Å². The SMILES string of the molecule is Cc1cccc(OCCCC(=O)N2CCC(C(=O)O)C2C)c1. The van der Waals surface area contributed by atoms with Crippen molar-refractivity contribution in [2.45, 2.75) is 39.2 Å². The van der Waals surface area contributed by atoms with Gasteiger partial charge in [-0.1, -0.05) is 12.1 Å². The molecule has 2 unspecified atom stereocenters. The van der Waals surface area contributed by atoms with Crippen molar-refractivity contribution in [1.82, 2.24) is 4.90 Å². The maximum atomic E-state index is 12.2. The molecule has 1 aliphatic rings. The summed E-state index contributed by atoms with van der Waals surface area (Å²) in [6, 6.07) is 7.58. The van der Waals surface area contributed by atoms with Gasteiger partial charge in [-0.15, -0.1) is 0 Å². The van der Waals surface area contributed by atoms with Crippen LogP contribution >= 0.6 is 0 Å². The first kappa shape index (κ1) is 16.3. The van der Waals surface area contributed by atoms with Gasteiger partial charge in [-0.3, -0.25) is 9.59 Å². The molecule has 2 atom stereocenters. The fourth-order valence-electron chi connectivity index (χ4n) is 2.88. The molecular formula is C17H23NO4. The fraction of sp³-hybridized carbons (Fsp3) is 0.529. The second kappa shape index (κ2) is 7.29. The summed E-state index contributed by atoms with van der Waals surface area (Å²) in [6.07, 6.45) is 1.57. The number of nitrogens with zero attached hydrogens (tertiary/aromatic N) is 1. The molecule has 0 aromatic heterocycles. The van der Waals surface area contributed by atoms with E-state index in [2.05, 4.69) is 0 Å². The van der Waals surface area contributed by atoms with Crippen molar-refractivity contribution in [3.8, 4) is 5.75 Å². The van der Waals surface area contributed by atoms with E-state index in [0.717, 1.165) is 11.3 Å². The lowest BCUT2D eigenvalue weighted by Crippen LogP contribution is -2.37. The number of hydrogen-bond acceptors (Lipinski definition) is 3. The molecule has 0 aliphatic carbocycles. The summed E-state index contributed by atoms with van der Waals surface area (Å²) in [4.78, 5) is 24.9. The number of carbonyl (C=O) groups is 2. The van der Waals surface area contributed by atoms with Crippen molar-refractivity contribution >= 4 is 11.9 Å². The molecule has 1 aromatic rings. The average molecular weight is 305 g/mol. The molecule has 1 N–H and O–H groups in total. The van der Waals surface area contributed by atoms with Gasteiger partial charge < -0.3 is 14.7 Å². The van der Waals surface area contributed by atoms with Crippen LogP contribution in [0.4, 0.5) is 0 Å². The quantitative estimate of drug-likeness (QED) is 0.820. The minimum Gasteiger partial charge on any atom is -0.494 e. The van der Waals surface area contributed by atoms with Gasteiger partial charge in [-0.05, 0) is 44.4 Å². The largest absolute Gasteiger partial charge is 0.494 e. The molecule has 1 aromatic carbocycles. The number of carboxylic acids is 1. The number of carbonyl (C=O) groups excluding carboxylic acids is 1. The molecule has 5 heteroatoms. The van der Waals surface area contributed by atoms with Gasteiger partial charge in [0.2, 0.25) is 5.91 Å². The van der Waals surface area contributed by atoms with Crippen LogP contribution in [0, 0.1) is 12.8 Å². The number of benzene rings is 1. The highest BCUT2D eigenvalue weighted by Gasteiger charge is 2.37. The topological polar surface area (TPSA) is 66.8 Å². The third-order valence-corrected chi connectivity index (χ3v) is 4.19. The molecule has 0 saturated carbocycles. The maximum absolute atomic E-state index is 12.2. The van der Waals surface area contributed by atoms with Gasteiger partial charge in [-0.25, -0.2) is 0 Å². The van der Waals surface area contributed by atoms with Gasteiger partial charge in [0.25, 0.3) is 0 Å². The second-order valence-electron chi connectivity index (χ2n) is 5.83. The molecule has 5 nitrogen and oxygen atoms in total. The smallest absolute Gasteiger partial charge is 0.308 e. The lowest BCUT2D eigenvalue weighted by Gasteiger charge is -2.23. The van der Waals surface area contributed by atoms with Crippen LogP contribution in [-0.2, 0) is 9.59 Å². The monoisotopic (exact) mass is 305 g/mol. The number of aliphatic carboxylic acids is 1. The minimum atomic E-state index is -0.814. The zero-order valence-corrected chi connectivity index (χ0v) is 13.1. The molecule has 1 amide bonds. The van der Waals surface area contributed by atoms with E-state index in [-0.39, 0.29) is 11.9 Å². The maximum Gasteiger partial charge on any atom is 0.308 e. The van der Waals surface area contributed by atoms with Crippen LogP contribution in [0.1, 0.15) is 31.7 Å². The zero-order chi connectivity index (χ0) is 16.1. The molecule has 1 heterocycles. The molecular weight excluding hydrogens is 282 g/mol. The summed E-state index contributed by atoms with van der Waals surface area (Å²) < 4.78 is 5.62. The number of ether oxygens (including phenoxy) is 1. The van der Waals surface area contributed by atoms with Crippen LogP contribution in [0.3, 0.4) is 0 Å². The number of likely N-dealkylation sites (tertiary alicyclic amines) is 1. The first-order valence-corrected chi connectivity index (χ1v) is 7.71. The van der Waals surface area contributed by atoms with Crippen LogP contribution in [-0.4, -0.2) is 41.1 Å². The number of carboxylic acid groups (broad SMARTS) is 1. The lowest BCUT2D eigenvalue weighted by molar-refractivity contribution is -0.143. The molecule has 120 valence electrons. The molecule has 22 heavy (non-hydrogen) atoms. The van der Waals surface area contributed by atoms with E-state index < -0.39 is 11.9 Å². The highest BCUT2D eigenvalue weighted by Crippen LogP contribution is 2.25. The van der Waals surface area contributed by atoms with Crippen molar-refractivity contribution in [1.29, 1.82) is 0 Å². The Balaban J connectivity index is 1.73. The summed E-state index contributed by atoms with van der Waals surface area (Å²) in [5.41, 5.74) is 1.14. The number of amides is 1. The number of hydrogen-bond donors (Lipinski definition) is 1. The van der Waals surface area contributed by atoms with Crippen LogP contribution < -0.4 is 4.74 Å². The molecule has 2 rings (SSSR count). The van der Waals surface area contributed by atoms with Crippen molar-refractivity contribution in [3.63, 3.8) is 0 Å². The predicted molar refractivity (Wildman–Crippen MR) is 82.8 cm³/mol. The minimum absolute atomic E-state index is 0.0177. The summed E-state index contributed by atoms with van der Waals surface area (Å²) in [5.74, 6) is -0.421. The summed E-state index contributed by atoms with van der Waals surface area (Å²) in [7, 11) is 0. The third-order valence-electron chi connectivity index (χ3n) is 4.19. The Labute approximate surface area is 130 Å². The Bertz CT molecular complexity index is 543. The number of rotatable bonds is 6. The van der Waals surface area contributed by atoms with Crippen LogP contribution in [0.15, 0.2) is 24.3 Å². The van der Waals surface area contributed by atoms with Crippen LogP contribution in [0.25, 0.3) is 0 Å². The van der Waals surface area contributed by atoms with E-state index in [0.29, 0.717) is 32.4 Å². The van der Waals surface area contributed by atoms with E-state index in [1.54, 1.807) is 4.90 Å². The fourth-order valence-corrected chi connectivity index (χ4v) is 2.88. The molecule has 1 fully saturated rings. The number of aryl methyl sites for hydroxylation is 1. The highest BCUT2D eigenvalue weighted by atomic mass is 16.5. The van der Waals surface area contributed by atoms with E-state index in [1.807, 2.05) is 38.1 Å². The summed E-state index contributed by atoms with van der Waals surface area (Å²) >= 11 is 0. The molecule has 0 spiro atoms. The molecule has 0 bridgehead atoms. The first-order chi connectivity index (χ1) is 10.5. The Morgan fingerprint density at radius 1 is 1.41 bits per heavy atom. The van der Waals surface area contributed by atoms with Crippen LogP contribution in [0.5, 0.6) is 5.75 Å². The average Bonchev–Trinajstić information content (AvgIpc) is 2.85.